The minimum absolute atomic E-state index is 0.0785. The van der Waals surface area contributed by atoms with Crippen LogP contribution in [0.25, 0.3) is 11.1 Å². The molecule has 8 heteroatoms. The van der Waals surface area contributed by atoms with Crippen LogP contribution in [0.1, 0.15) is 40.4 Å². The lowest BCUT2D eigenvalue weighted by atomic mass is 9.99. The highest BCUT2D eigenvalue weighted by Crippen LogP contribution is 2.32. The van der Waals surface area contributed by atoms with Crippen LogP contribution in [-0.4, -0.2) is 30.1 Å². The fraction of sp³-hybridized carbons (Fsp3) is 0.286. The predicted molar refractivity (Wildman–Crippen MR) is 131 cm³/mol. The van der Waals surface area contributed by atoms with Crippen molar-refractivity contribution in [2.24, 2.45) is 5.92 Å². The van der Waals surface area contributed by atoms with Crippen molar-refractivity contribution in [3.63, 3.8) is 0 Å². The van der Waals surface area contributed by atoms with Crippen molar-refractivity contribution in [2.45, 2.75) is 32.9 Å². The first kappa shape index (κ1) is 26.8. The molecule has 1 unspecified atom stereocenters. The van der Waals surface area contributed by atoms with E-state index in [4.69, 9.17) is 9.84 Å². The lowest BCUT2D eigenvalue weighted by Crippen LogP contribution is -2.25. The highest BCUT2D eigenvalue weighted by Gasteiger charge is 2.30. The SMILES string of the molecule is Cc1cc(OCC(C)Cc2ccc(C(=O)NCCC(=O)O)cc2)ccc1-c1ccc(C(F)(F)F)cc1. The molecule has 5 nitrogen and oxygen atoms in total. The third kappa shape index (κ3) is 7.60. The summed E-state index contributed by atoms with van der Waals surface area (Å²) in [7, 11) is 0. The number of alkyl halides is 3. The van der Waals surface area contributed by atoms with Crippen LogP contribution >= 0.6 is 0 Å². The number of hydrogen-bond donors (Lipinski definition) is 2. The third-order valence-electron chi connectivity index (χ3n) is 5.68. The molecule has 2 N–H and O–H groups in total. The lowest BCUT2D eigenvalue weighted by molar-refractivity contribution is -0.138. The number of hydrogen-bond acceptors (Lipinski definition) is 3. The number of halogens is 3. The summed E-state index contributed by atoms with van der Waals surface area (Å²) in [6.45, 7) is 4.49. The van der Waals surface area contributed by atoms with Gasteiger partial charge in [-0.3, -0.25) is 9.59 Å². The van der Waals surface area contributed by atoms with Gasteiger partial charge in [-0.05, 0) is 77.9 Å². The molecule has 0 radical (unpaired) electrons. The maximum Gasteiger partial charge on any atom is 0.416 e. The maximum absolute atomic E-state index is 12.8. The second-order valence-electron chi connectivity index (χ2n) is 8.77. The average molecular weight is 500 g/mol. The van der Waals surface area contributed by atoms with E-state index in [1.165, 1.54) is 12.1 Å². The minimum atomic E-state index is -4.36. The number of carbonyl (C=O) groups is 2. The number of aliphatic carboxylic acids is 1. The van der Waals surface area contributed by atoms with E-state index in [2.05, 4.69) is 12.2 Å². The summed E-state index contributed by atoms with van der Waals surface area (Å²) in [5, 5.41) is 11.2. The van der Waals surface area contributed by atoms with Gasteiger partial charge in [0, 0.05) is 12.1 Å². The number of ether oxygens (including phenoxy) is 1. The molecule has 0 aliphatic carbocycles. The van der Waals surface area contributed by atoms with E-state index in [9.17, 15) is 22.8 Å². The summed E-state index contributed by atoms with van der Waals surface area (Å²) in [6.07, 6.45) is -3.75. The Balaban J connectivity index is 1.52. The molecule has 3 aromatic rings. The van der Waals surface area contributed by atoms with E-state index in [-0.39, 0.29) is 24.8 Å². The molecule has 0 spiro atoms. The van der Waals surface area contributed by atoms with Gasteiger partial charge >= 0.3 is 12.1 Å². The summed E-state index contributed by atoms with van der Waals surface area (Å²) < 4.78 is 44.4. The molecule has 36 heavy (non-hydrogen) atoms. The Labute approximate surface area is 207 Å². The molecule has 1 atom stereocenters. The predicted octanol–water partition coefficient (Wildman–Crippen LogP) is 6.14. The number of carboxylic acid groups (broad SMARTS) is 1. The van der Waals surface area contributed by atoms with Gasteiger partial charge in [0.1, 0.15) is 5.75 Å². The van der Waals surface area contributed by atoms with Gasteiger partial charge in [0.2, 0.25) is 0 Å². The zero-order valence-electron chi connectivity index (χ0n) is 20.1. The van der Waals surface area contributed by atoms with Crippen LogP contribution < -0.4 is 10.1 Å². The molecular formula is C28H28F3NO4. The molecule has 1 amide bonds. The summed E-state index contributed by atoms with van der Waals surface area (Å²) >= 11 is 0. The van der Waals surface area contributed by atoms with E-state index in [1.54, 1.807) is 12.1 Å². The number of benzene rings is 3. The first-order chi connectivity index (χ1) is 17.0. The zero-order chi connectivity index (χ0) is 26.3. The van der Waals surface area contributed by atoms with E-state index in [0.717, 1.165) is 35.2 Å². The Morgan fingerprint density at radius 2 is 1.67 bits per heavy atom. The molecule has 190 valence electrons. The average Bonchev–Trinajstić information content (AvgIpc) is 2.82. The van der Waals surface area contributed by atoms with Crippen LogP contribution in [0.5, 0.6) is 5.75 Å². The standard InChI is InChI=1S/C28H28F3NO4/c1-18(15-20-3-5-22(6-4-20)27(35)32-14-13-26(33)34)17-36-24-11-12-25(19(2)16-24)21-7-9-23(10-8-21)28(29,30)31/h3-12,16,18H,13-15,17H2,1-2H3,(H,32,35)(H,33,34). The van der Waals surface area contributed by atoms with E-state index < -0.39 is 17.7 Å². The van der Waals surface area contributed by atoms with Gasteiger partial charge in [0.05, 0.1) is 18.6 Å². The second-order valence-corrected chi connectivity index (χ2v) is 8.77. The van der Waals surface area contributed by atoms with Crippen LogP contribution in [0.2, 0.25) is 0 Å². The second kappa shape index (κ2) is 11.7. The van der Waals surface area contributed by atoms with Gasteiger partial charge in [-0.25, -0.2) is 0 Å². The van der Waals surface area contributed by atoms with E-state index >= 15 is 0 Å². The fourth-order valence-corrected chi connectivity index (χ4v) is 3.77. The summed E-state index contributed by atoms with van der Waals surface area (Å²) in [5.74, 6) is -0.403. The van der Waals surface area contributed by atoms with Crippen molar-refractivity contribution in [3.8, 4) is 16.9 Å². The molecule has 0 saturated heterocycles. The van der Waals surface area contributed by atoms with Gasteiger partial charge in [0.25, 0.3) is 5.91 Å². The summed E-state index contributed by atoms with van der Waals surface area (Å²) in [5.41, 5.74) is 3.29. The molecule has 0 bridgehead atoms. The van der Waals surface area contributed by atoms with Crippen LogP contribution in [0.4, 0.5) is 13.2 Å². The van der Waals surface area contributed by atoms with Crippen molar-refractivity contribution in [3.05, 3.63) is 89.0 Å². The fourth-order valence-electron chi connectivity index (χ4n) is 3.77. The Kier molecular flexibility index (Phi) is 8.74. The van der Waals surface area contributed by atoms with Gasteiger partial charge < -0.3 is 15.2 Å². The van der Waals surface area contributed by atoms with Crippen molar-refractivity contribution in [1.29, 1.82) is 0 Å². The Morgan fingerprint density at radius 3 is 2.25 bits per heavy atom. The van der Waals surface area contributed by atoms with Crippen LogP contribution in [0.15, 0.2) is 66.7 Å². The molecule has 3 aromatic carbocycles. The zero-order valence-corrected chi connectivity index (χ0v) is 20.1. The molecule has 0 aliphatic heterocycles. The molecule has 0 aliphatic rings. The maximum atomic E-state index is 12.8. The molecule has 3 rings (SSSR count). The number of carboxylic acids is 1. The minimum Gasteiger partial charge on any atom is -0.493 e. The van der Waals surface area contributed by atoms with Gasteiger partial charge in [-0.15, -0.1) is 0 Å². The summed E-state index contributed by atoms with van der Waals surface area (Å²) in [6, 6.07) is 17.8. The van der Waals surface area contributed by atoms with Gasteiger partial charge in [-0.2, -0.15) is 13.2 Å². The topological polar surface area (TPSA) is 75.6 Å². The molecule has 0 saturated carbocycles. The number of aryl methyl sites for hydroxylation is 1. The Bertz CT molecular complexity index is 1190. The number of amides is 1. The summed E-state index contributed by atoms with van der Waals surface area (Å²) in [4.78, 5) is 22.6. The van der Waals surface area contributed by atoms with Gasteiger partial charge in [0.15, 0.2) is 0 Å². The monoisotopic (exact) mass is 499 g/mol. The van der Waals surface area contributed by atoms with Crippen LogP contribution in [0.3, 0.4) is 0 Å². The highest BCUT2D eigenvalue weighted by atomic mass is 19.4. The number of nitrogens with one attached hydrogen (secondary N) is 1. The number of rotatable bonds is 10. The first-order valence-electron chi connectivity index (χ1n) is 11.5. The Hall–Kier alpha value is -3.81. The first-order valence-corrected chi connectivity index (χ1v) is 11.5. The van der Waals surface area contributed by atoms with E-state index in [1.807, 2.05) is 37.3 Å². The van der Waals surface area contributed by atoms with Crippen molar-refractivity contribution in [2.75, 3.05) is 13.2 Å². The largest absolute Gasteiger partial charge is 0.493 e. The normalized spacial score (nSPS) is 12.1. The van der Waals surface area contributed by atoms with Crippen molar-refractivity contribution < 1.29 is 32.6 Å². The molecule has 0 heterocycles. The quantitative estimate of drug-likeness (QED) is 0.351. The van der Waals surface area contributed by atoms with Crippen molar-refractivity contribution >= 4 is 11.9 Å². The van der Waals surface area contributed by atoms with Crippen molar-refractivity contribution in [1.82, 2.24) is 5.32 Å². The molecule has 0 aromatic heterocycles. The molecule has 0 fully saturated rings. The lowest BCUT2D eigenvalue weighted by Gasteiger charge is -2.15. The third-order valence-corrected chi connectivity index (χ3v) is 5.68. The van der Waals surface area contributed by atoms with E-state index in [0.29, 0.717) is 23.5 Å². The van der Waals surface area contributed by atoms with Crippen LogP contribution in [-0.2, 0) is 17.4 Å². The smallest absolute Gasteiger partial charge is 0.416 e. The van der Waals surface area contributed by atoms with Crippen LogP contribution in [0, 0.1) is 12.8 Å². The number of carbonyl (C=O) groups excluding carboxylic acids is 1. The highest BCUT2D eigenvalue weighted by molar-refractivity contribution is 5.94. The van der Waals surface area contributed by atoms with Gasteiger partial charge in [-0.1, -0.05) is 37.3 Å². The molecular weight excluding hydrogens is 471 g/mol. The Morgan fingerprint density at radius 1 is 1.00 bits per heavy atom.